The third-order valence-corrected chi connectivity index (χ3v) is 4.13. The number of aromatic nitrogens is 2. The summed E-state index contributed by atoms with van der Waals surface area (Å²) in [5.74, 6) is -0.144. The molecule has 0 saturated heterocycles. The first kappa shape index (κ1) is 14.3. The Morgan fingerprint density at radius 2 is 2.41 bits per heavy atom. The van der Waals surface area contributed by atoms with E-state index in [2.05, 4.69) is 10.4 Å². The van der Waals surface area contributed by atoms with E-state index in [1.54, 1.807) is 42.2 Å². The number of nitrogens with zero attached hydrogens (tertiary/aromatic N) is 2. The molecular weight excluding hydrogens is 298 g/mol. The maximum absolute atomic E-state index is 11.9. The van der Waals surface area contributed by atoms with E-state index < -0.39 is 0 Å². The number of hydrogen-bond donors (Lipinski definition) is 1. The molecule has 1 atom stereocenters. The van der Waals surface area contributed by atoms with Crippen LogP contribution in [0.15, 0.2) is 65.1 Å². The van der Waals surface area contributed by atoms with Crippen LogP contribution in [0, 0.1) is 0 Å². The average Bonchev–Trinajstić information content (AvgIpc) is 3.27. The van der Waals surface area contributed by atoms with Crippen LogP contribution in [0.1, 0.15) is 16.5 Å². The van der Waals surface area contributed by atoms with Gasteiger partial charge in [0.15, 0.2) is 0 Å². The molecule has 22 heavy (non-hydrogen) atoms. The molecule has 0 radical (unpaired) electrons. The Morgan fingerprint density at radius 1 is 1.45 bits per heavy atom. The topological polar surface area (TPSA) is 60.1 Å². The van der Waals surface area contributed by atoms with Crippen molar-refractivity contribution >= 4 is 23.3 Å². The third kappa shape index (κ3) is 3.53. The fourth-order valence-corrected chi connectivity index (χ4v) is 2.89. The fraction of sp³-hybridized carbons (Fsp3) is 0.125. The summed E-state index contributed by atoms with van der Waals surface area (Å²) < 4.78 is 6.80. The minimum atomic E-state index is -0.144. The van der Waals surface area contributed by atoms with Gasteiger partial charge in [-0.05, 0) is 29.7 Å². The second-order valence-electron chi connectivity index (χ2n) is 4.65. The molecule has 1 amide bonds. The third-order valence-electron chi connectivity index (χ3n) is 3.16. The van der Waals surface area contributed by atoms with E-state index in [1.165, 1.54) is 6.08 Å². The highest BCUT2D eigenvalue weighted by Gasteiger charge is 2.15. The molecule has 3 aromatic rings. The first-order valence-electron chi connectivity index (χ1n) is 6.83. The van der Waals surface area contributed by atoms with Crippen molar-refractivity contribution in [1.82, 2.24) is 15.1 Å². The van der Waals surface area contributed by atoms with Gasteiger partial charge >= 0.3 is 0 Å². The van der Waals surface area contributed by atoms with Gasteiger partial charge in [0.1, 0.15) is 6.04 Å². The van der Waals surface area contributed by atoms with Gasteiger partial charge in [-0.3, -0.25) is 9.48 Å². The van der Waals surface area contributed by atoms with E-state index >= 15 is 0 Å². The Morgan fingerprint density at radius 3 is 3.09 bits per heavy atom. The number of rotatable bonds is 6. The summed E-state index contributed by atoms with van der Waals surface area (Å²) in [6.45, 7) is 0.483. The summed E-state index contributed by atoms with van der Waals surface area (Å²) in [7, 11) is 0. The highest BCUT2D eigenvalue weighted by atomic mass is 32.1. The lowest BCUT2D eigenvalue weighted by molar-refractivity contribution is -0.116. The molecule has 0 aliphatic rings. The second kappa shape index (κ2) is 6.91. The molecular formula is C16H15N3O2S. The molecule has 0 spiro atoms. The van der Waals surface area contributed by atoms with Gasteiger partial charge < -0.3 is 9.73 Å². The summed E-state index contributed by atoms with van der Waals surface area (Å²) in [4.78, 5) is 13.1. The Labute approximate surface area is 131 Å². The molecule has 3 aromatic heterocycles. The summed E-state index contributed by atoms with van der Waals surface area (Å²) >= 11 is 1.65. The normalized spacial score (nSPS) is 12.5. The highest BCUT2D eigenvalue weighted by molar-refractivity contribution is 7.10. The minimum Gasteiger partial charge on any atom is -0.472 e. The van der Waals surface area contributed by atoms with Gasteiger partial charge in [-0.2, -0.15) is 5.10 Å². The number of hydrogen-bond acceptors (Lipinski definition) is 4. The molecule has 0 aliphatic heterocycles. The maximum Gasteiger partial charge on any atom is 0.244 e. The standard InChI is InChI=1S/C16H15N3O2S/c20-16(5-4-13-6-9-21-12-13)17-11-14(15-3-1-10-22-15)19-8-2-7-18-19/h1-10,12,14H,11H2,(H,17,20). The monoisotopic (exact) mass is 313 g/mol. The Kier molecular flexibility index (Phi) is 4.50. The molecule has 1 unspecified atom stereocenters. The Bertz CT molecular complexity index is 681. The zero-order valence-electron chi connectivity index (χ0n) is 11.8. The molecule has 0 aromatic carbocycles. The first-order chi connectivity index (χ1) is 10.8. The van der Waals surface area contributed by atoms with Gasteiger partial charge in [0, 0.05) is 35.5 Å². The molecule has 3 heterocycles. The van der Waals surface area contributed by atoms with Crippen molar-refractivity contribution in [3.05, 3.63) is 71.1 Å². The van der Waals surface area contributed by atoms with Crippen molar-refractivity contribution in [1.29, 1.82) is 0 Å². The van der Waals surface area contributed by atoms with Crippen molar-refractivity contribution in [2.24, 2.45) is 0 Å². The lowest BCUT2D eigenvalue weighted by atomic mass is 10.2. The molecule has 112 valence electrons. The molecule has 3 rings (SSSR count). The van der Waals surface area contributed by atoms with Crippen molar-refractivity contribution in [3.8, 4) is 0 Å². The molecule has 0 fully saturated rings. The van der Waals surface area contributed by atoms with Gasteiger partial charge in [-0.1, -0.05) is 6.07 Å². The van der Waals surface area contributed by atoms with E-state index in [9.17, 15) is 4.79 Å². The van der Waals surface area contributed by atoms with Crippen molar-refractivity contribution in [2.45, 2.75) is 6.04 Å². The first-order valence-corrected chi connectivity index (χ1v) is 7.71. The van der Waals surface area contributed by atoms with Gasteiger partial charge in [-0.25, -0.2) is 0 Å². The van der Waals surface area contributed by atoms with E-state index in [4.69, 9.17) is 4.42 Å². The number of thiophene rings is 1. The molecule has 0 saturated carbocycles. The summed E-state index contributed by atoms with van der Waals surface area (Å²) in [5.41, 5.74) is 0.858. The maximum atomic E-state index is 11.9. The number of amides is 1. The molecule has 0 bridgehead atoms. The highest BCUT2D eigenvalue weighted by Crippen LogP contribution is 2.21. The lowest BCUT2D eigenvalue weighted by Crippen LogP contribution is -2.30. The Hall–Kier alpha value is -2.60. The van der Waals surface area contributed by atoms with Crippen LogP contribution in [0.25, 0.3) is 6.08 Å². The Balaban J connectivity index is 1.63. The summed E-state index contributed by atoms with van der Waals surface area (Å²) in [6.07, 6.45) is 10.0. The summed E-state index contributed by atoms with van der Waals surface area (Å²) in [6, 6.07) is 7.71. The van der Waals surface area contributed by atoms with Gasteiger partial charge in [0.2, 0.25) is 5.91 Å². The predicted molar refractivity (Wildman–Crippen MR) is 85.4 cm³/mol. The van der Waals surface area contributed by atoms with Crippen LogP contribution in [0.2, 0.25) is 0 Å². The largest absolute Gasteiger partial charge is 0.472 e. The van der Waals surface area contributed by atoms with E-state index in [1.807, 2.05) is 34.5 Å². The zero-order valence-corrected chi connectivity index (χ0v) is 12.6. The van der Waals surface area contributed by atoms with Crippen molar-refractivity contribution in [2.75, 3.05) is 6.54 Å². The van der Waals surface area contributed by atoms with Crippen LogP contribution >= 0.6 is 11.3 Å². The van der Waals surface area contributed by atoms with E-state index in [0.717, 1.165) is 10.4 Å². The average molecular weight is 313 g/mol. The van der Waals surface area contributed by atoms with Gasteiger partial charge in [-0.15, -0.1) is 11.3 Å². The molecule has 0 aliphatic carbocycles. The van der Waals surface area contributed by atoms with Crippen LogP contribution in [0.3, 0.4) is 0 Å². The molecule has 1 N–H and O–H groups in total. The molecule has 6 heteroatoms. The zero-order chi connectivity index (χ0) is 15.2. The number of furan rings is 1. The molecule has 5 nitrogen and oxygen atoms in total. The van der Waals surface area contributed by atoms with Crippen LogP contribution in [0.5, 0.6) is 0 Å². The van der Waals surface area contributed by atoms with Gasteiger partial charge in [0.25, 0.3) is 0 Å². The SMILES string of the molecule is O=C(C=Cc1ccoc1)NCC(c1cccs1)n1cccn1. The minimum absolute atomic E-state index is 0.00118. The van der Waals surface area contributed by atoms with Gasteiger partial charge in [0.05, 0.1) is 12.5 Å². The van der Waals surface area contributed by atoms with E-state index in [0.29, 0.717) is 6.54 Å². The lowest BCUT2D eigenvalue weighted by Gasteiger charge is -2.16. The van der Waals surface area contributed by atoms with Crippen LogP contribution in [-0.4, -0.2) is 22.2 Å². The second-order valence-corrected chi connectivity index (χ2v) is 5.63. The number of carbonyl (C=O) groups excluding carboxylic acids is 1. The van der Waals surface area contributed by atoms with Crippen LogP contribution in [0.4, 0.5) is 0 Å². The van der Waals surface area contributed by atoms with E-state index in [-0.39, 0.29) is 11.9 Å². The van der Waals surface area contributed by atoms with Crippen molar-refractivity contribution in [3.63, 3.8) is 0 Å². The fourth-order valence-electron chi connectivity index (χ4n) is 2.07. The predicted octanol–water partition coefficient (Wildman–Crippen LogP) is 2.96. The van der Waals surface area contributed by atoms with Crippen LogP contribution in [-0.2, 0) is 4.79 Å². The number of carbonyl (C=O) groups is 1. The van der Waals surface area contributed by atoms with Crippen molar-refractivity contribution < 1.29 is 9.21 Å². The smallest absolute Gasteiger partial charge is 0.244 e. The quantitative estimate of drug-likeness (QED) is 0.712. The van der Waals surface area contributed by atoms with Crippen LogP contribution < -0.4 is 5.32 Å². The summed E-state index contributed by atoms with van der Waals surface area (Å²) in [5, 5.41) is 9.21. The number of nitrogens with one attached hydrogen (secondary N) is 1.